The van der Waals surface area contributed by atoms with E-state index in [4.69, 9.17) is 19.4 Å². The Morgan fingerprint density at radius 2 is 0.582 bits per heavy atom. The third-order valence-electron chi connectivity index (χ3n) is 10.7. The molecule has 11 aromatic rings. The number of hydrogen-bond donors (Lipinski definition) is 0. The molecule has 11 rings (SSSR count). The summed E-state index contributed by atoms with van der Waals surface area (Å²) in [6.07, 6.45) is 0. The van der Waals surface area contributed by atoms with E-state index in [2.05, 4.69) is 152 Å². The van der Waals surface area contributed by atoms with Gasteiger partial charge in [0.25, 0.3) is 0 Å². The van der Waals surface area contributed by atoms with Crippen LogP contribution in [-0.2, 0) is 0 Å². The van der Waals surface area contributed by atoms with Gasteiger partial charge in [-0.05, 0) is 84.9 Å². The SMILES string of the molecule is c1ccc(-c2ccc(-c3nc(-c4ccccc4)nc(-c4ccc5c(c4)oc4cc(-c6ccc7c8ccccc8c8ccccc8c7c6)ccc45)n3)cc2)cc1. The molecule has 0 aliphatic carbocycles. The molecule has 0 fully saturated rings. The van der Waals surface area contributed by atoms with Crippen molar-refractivity contribution in [3.8, 4) is 56.4 Å². The summed E-state index contributed by atoms with van der Waals surface area (Å²) in [6, 6.07) is 65.8. The lowest BCUT2D eigenvalue weighted by Gasteiger charge is -2.12. The number of benzene rings is 9. The zero-order chi connectivity index (χ0) is 36.3. The van der Waals surface area contributed by atoms with E-state index in [0.29, 0.717) is 17.5 Å². The predicted octanol–water partition coefficient (Wildman–Crippen LogP) is 13.6. The molecule has 0 atom stereocenters. The summed E-state index contributed by atoms with van der Waals surface area (Å²) in [6.45, 7) is 0. The summed E-state index contributed by atoms with van der Waals surface area (Å²) in [5.74, 6) is 1.84. The molecule has 0 unspecified atom stereocenters. The lowest BCUT2D eigenvalue weighted by Crippen LogP contribution is -2.00. The Bertz CT molecular complexity index is 3210. The number of fused-ring (bicyclic) bond motifs is 9. The average Bonchev–Trinajstić information content (AvgIpc) is 3.64. The van der Waals surface area contributed by atoms with Crippen molar-refractivity contribution in [3.05, 3.63) is 188 Å². The first-order chi connectivity index (χ1) is 27.2. The summed E-state index contributed by atoms with van der Waals surface area (Å²) in [5.41, 5.74) is 8.92. The second kappa shape index (κ2) is 12.6. The molecule has 9 aromatic carbocycles. The van der Waals surface area contributed by atoms with Gasteiger partial charge in [-0.25, -0.2) is 15.0 Å². The first-order valence-corrected chi connectivity index (χ1v) is 18.5. The van der Waals surface area contributed by atoms with Crippen LogP contribution in [0.5, 0.6) is 0 Å². The molecule has 2 heterocycles. The van der Waals surface area contributed by atoms with E-state index < -0.39 is 0 Å². The number of aromatic nitrogens is 3. The minimum Gasteiger partial charge on any atom is -0.456 e. The second-order valence-electron chi connectivity index (χ2n) is 14.0. The maximum atomic E-state index is 6.61. The van der Waals surface area contributed by atoms with E-state index in [1.165, 1.54) is 37.9 Å². The van der Waals surface area contributed by atoms with Gasteiger partial charge in [-0.15, -0.1) is 0 Å². The minimum absolute atomic E-state index is 0.593. The summed E-state index contributed by atoms with van der Waals surface area (Å²) in [5, 5.41) is 9.72. The number of nitrogens with zero attached hydrogens (tertiary/aromatic N) is 3. The van der Waals surface area contributed by atoms with Gasteiger partial charge >= 0.3 is 0 Å². The van der Waals surface area contributed by atoms with E-state index in [-0.39, 0.29) is 0 Å². The highest BCUT2D eigenvalue weighted by molar-refractivity contribution is 6.25. The van der Waals surface area contributed by atoms with Gasteiger partial charge in [-0.1, -0.05) is 158 Å². The van der Waals surface area contributed by atoms with Gasteiger partial charge in [0.05, 0.1) is 0 Å². The first kappa shape index (κ1) is 31.1. The van der Waals surface area contributed by atoms with Gasteiger partial charge in [0.15, 0.2) is 17.5 Å². The Hall–Kier alpha value is -7.43. The van der Waals surface area contributed by atoms with Crippen LogP contribution in [0.25, 0.3) is 111 Å². The van der Waals surface area contributed by atoms with Crippen LogP contribution in [0.4, 0.5) is 0 Å². The highest BCUT2D eigenvalue weighted by atomic mass is 16.3. The highest BCUT2D eigenvalue weighted by Crippen LogP contribution is 2.39. The van der Waals surface area contributed by atoms with Gasteiger partial charge in [-0.3, -0.25) is 0 Å². The van der Waals surface area contributed by atoms with E-state index in [1.54, 1.807) is 0 Å². The zero-order valence-electron chi connectivity index (χ0n) is 29.6. The Morgan fingerprint density at radius 3 is 1.16 bits per heavy atom. The van der Waals surface area contributed by atoms with E-state index in [1.807, 2.05) is 36.4 Å². The quantitative estimate of drug-likeness (QED) is 0.168. The maximum absolute atomic E-state index is 6.61. The van der Waals surface area contributed by atoms with Crippen LogP contribution in [0.1, 0.15) is 0 Å². The van der Waals surface area contributed by atoms with Crippen LogP contribution >= 0.6 is 0 Å². The average molecular weight is 702 g/mol. The summed E-state index contributed by atoms with van der Waals surface area (Å²) in [7, 11) is 0. The molecular formula is C51H31N3O. The zero-order valence-corrected chi connectivity index (χ0v) is 29.6. The van der Waals surface area contributed by atoms with Crippen molar-refractivity contribution in [1.82, 2.24) is 15.0 Å². The van der Waals surface area contributed by atoms with Crippen LogP contribution in [-0.4, -0.2) is 15.0 Å². The number of rotatable bonds is 5. The van der Waals surface area contributed by atoms with Crippen LogP contribution in [0.2, 0.25) is 0 Å². The number of furan rings is 1. The Kier molecular flexibility index (Phi) is 7.14. The Labute approximate surface area is 317 Å². The molecule has 0 aliphatic rings. The van der Waals surface area contributed by atoms with Gasteiger partial charge in [0.1, 0.15) is 11.2 Å². The van der Waals surface area contributed by atoms with Crippen molar-refractivity contribution in [2.24, 2.45) is 0 Å². The second-order valence-corrected chi connectivity index (χ2v) is 14.0. The Balaban J connectivity index is 0.999. The number of hydrogen-bond acceptors (Lipinski definition) is 4. The van der Waals surface area contributed by atoms with E-state index in [0.717, 1.165) is 55.3 Å². The normalized spacial score (nSPS) is 11.6. The summed E-state index contributed by atoms with van der Waals surface area (Å²) < 4.78 is 6.61. The lowest BCUT2D eigenvalue weighted by atomic mass is 9.92. The monoisotopic (exact) mass is 701 g/mol. The smallest absolute Gasteiger partial charge is 0.164 e. The molecule has 256 valence electrons. The predicted molar refractivity (Wildman–Crippen MR) is 227 cm³/mol. The van der Waals surface area contributed by atoms with Gasteiger partial charge < -0.3 is 4.42 Å². The lowest BCUT2D eigenvalue weighted by molar-refractivity contribution is 0.669. The fourth-order valence-corrected chi connectivity index (χ4v) is 7.98. The molecule has 0 N–H and O–H groups in total. The van der Waals surface area contributed by atoms with Gasteiger partial charge in [0.2, 0.25) is 0 Å². The fourth-order valence-electron chi connectivity index (χ4n) is 7.98. The minimum atomic E-state index is 0.593. The maximum Gasteiger partial charge on any atom is 0.164 e. The van der Waals surface area contributed by atoms with Crippen LogP contribution in [0.3, 0.4) is 0 Å². The third kappa shape index (κ3) is 5.34. The summed E-state index contributed by atoms with van der Waals surface area (Å²) in [4.78, 5) is 14.9. The molecule has 55 heavy (non-hydrogen) atoms. The van der Waals surface area contributed by atoms with Crippen molar-refractivity contribution >= 4 is 54.3 Å². The van der Waals surface area contributed by atoms with Gasteiger partial charge in [0, 0.05) is 27.5 Å². The summed E-state index contributed by atoms with van der Waals surface area (Å²) >= 11 is 0. The standard InChI is InChI=1S/C51H31N3O/c1-3-11-32(12-4-1)33-19-21-35(22-20-33)50-52-49(34-13-5-2-6-14-34)53-51(54-50)38-25-28-45-44-27-24-37(30-47(44)55-48(45)31-38)36-23-26-43-41-17-8-7-15-39(41)40-16-9-10-18-42(40)46(43)29-36/h1-31H. The van der Waals surface area contributed by atoms with Crippen molar-refractivity contribution in [2.45, 2.75) is 0 Å². The molecule has 0 amide bonds. The molecule has 0 spiro atoms. The van der Waals surface area contributed by atoms with Crippen molar-refractivity contribution in [3.63, 3.8) is 0 Å². The Morgan fingerprint density at radius 1 is 0.236 bits per heavy atom. The van der Waals surface area contributed by atoms with Crippen molar-refractivity contribution in [1.29, 1.82) is 0 Å². The fraction of sp³-hybridized carbons (Fsp3) is 0. The van der Waals surface area contributed by atoms with Gasteiger partial charge in [-0.2, -0.15) is 0 Å². The first-order valence-electron chi connectivity index (χ1n) is 18.5. The van der Waals surface area contributed by atoms with Crippen LogP contribution in [0, 0.1) is 0 Å². The van der Waals surface area contributed by atoms with E-state index in [9.17, 15) is 0 Å². The van der Waals surface area contributed by atoms with Crippen LogP contribution in [0.15, 0.2) is 192 Å². The molecule has 0 radical (unpaired) electrons. The molecule has 0 bridgehead atoms. The van der Waals surface area contributed by atoms with Crippen LogP contribution < -0.4 is 0 Å². The highest BCUT2D eigenvalue weighted by Gasteiger charge is 2.16. The molecule has 0 saturated carbocycles. The van der Waals surface area contributed by atoms with Crippen molar-refractivity contribution in [2.75, 3.05) is 0 Å². The molecule has 4 nitrogen and oxygen atoms in total. The molecule has 4 heteroatoms. The molecule has 0 saturated heterocycles. The molecule has 0 aliphatic heterocycles. The molecule has 2 aromatic heterocycles. The van der Waals surface area contributed by atoms with Crippen molar-refractivity contribution < 1.29 is 4.42 Å². The third-order valence-corrected chi connectivity index (χ3v) is 10.7. The molecular weight excluding hydrogens is 671 g/mol. The largest absolute Gasteiger partial charge is 0.456 e. The topological polar surface area (TPSA) is 51.8 Å². The van der Waals surface area contributed by atoms with E-state index >= 15 is 0 Å².